The maximum Gasteiger partial charge on any atom is 0.103 e. The normalized spacial score (nSPS) is 16.9. The van der Waals surface area contributed by atoms with Crippen LogP contribution < -0.4 is 5.32 Å². The van der Waals surface area contributed by atoms with E-state index in [1.807, 2.05) is 14.0 Å². The van der Waals surface area contributed by atoms with Crippen LogP contribution in [0.5, 0.6) is 0 Å². The molecule has 0 heterocycles. The van der Waals surface area contributed by atoms with E-state index in [9.17, 15) is 0 Å². The SMILES string of the molecule is CNC(C)(C#N)CCCN(C)C(C)CC(C)C. The van der Waals surface area contributed by atoms with Gasteiger partial charge in [0.25, 0.3) is 0 Å². The van der Waals surface area contributed by atoms with Crippen LogP contribution in [0.1, 0.15) is 47.0 Å². The van der Waals surface area contributed by atoms with Crippen LogP contribution in [-0.4, -0.2) is 37.1 Å². The molecule has 0 aliphatic carbocycles. The van der Waals surface area contributed by atoms with Gasteiger partial charge in [0.1, 0.15) is 5.54 Å². The first-order chi connectivity index (χ1) is 7.84. The molecule has 0 aromatic rings. The van der Waals surface area contributed by atoms with Crippen LogP contribution in [-0.2, 0) is 0 Å². The second-order valence-electron chi connectivity index (χ2n) is 5.76. The summed E-state index contributed by atoms with van der Waals surface area (Å²) in [7, 11) is 4.03. The first-order valence-electron chi connectivity index (χ1n) is 6.65. The van der Waals surface area contributed by atoms with Crippen LogP contribution in [0, 0.1) is 17.2 Å². The number of nitriles is 1. The van der Waals surface area contributed by atoms with Gasteiger partial charge in [-0.15, -0.1) is 0 Å². The fourth-order valence-electron chi connectivity index (χ4n) is 2.00. The van der Waals surface area contributed by atoms with Crippen LogP contribution in [0.15, 0.2) is 0 Å². The van der Waals surface area contributed by atoms with Gasteiger partial charge in [-0.3, -0.25) is 0 Å². The molecule has 3 nitrogen and oxygen atoms in total. The van der Waals surface area contributed by atoms with Crippen molar-refractivity contribution >= 4 is 0 Å². The average molecular weight is 239 g/mol. The van der Waals surface area contributed by atoms with E-state index in [1.165, 1.54) is 6.42 Å². The highest BCUT2D eigenvalue weighted by molar-refractivity contribution is 5.02. The Balaban J connectivity index is 3.93. The predicted molar refractivity (Wildman–Crippen MR) is 73.9 cm³/mol. The van der Waals surface area contributed by atoms with Crippen LogP contribution in [0.3, 0.4) is 0 Å². The minimum atomic E-state index is -0.373. The molecule has 0 aromatic heterocycles. The predicted octanol–water partition coefficient (Wildman–Crippen LogP) is 2.63. The number of hydrogen-bond donors (Lipinski definition) is 1. The molecular formula is C14H29N3. The highest BCUT2D eigenvalue weighted by Gasteiger charge is 2.21. The first kappa shape index (κ1) is 16.4. The maximum atomic E-state index is 9.05. The van der Waals surface area contributed by atoms with E-state index in [4.69, 9.17) is 5.26 Å². The van der Waals surface area contributed by atoms with Crippen molar-refractivity contribution in [2.24, 2.45) is 5.92 Å². The van der Waals surface area contributed by atoms with Crippen LogP contribution in [0.2, 0.25) is 0 Å². The van der Waals surface area contributed by atoms with E-state index >= 15 is 0 Å². The summed E-state index contributed by atoms with van der Waals surface area (Å²) in [5, 5.41) is 12.1. The van der Waals surface area contributed by atoms with E-state index in [-0.39, 0.29) is 5.54 Å². The van der Waals surface area contributed by atoms with Gasteiger partial charge in [0.2, 0.25) is 0 Å². The number of hydrogen-bond acceptors (Lipinski definition) is 3. The molecule has 0 fully saturated rings. The molecule has 17 heavy (non-hydrogen) atoms. The maximum absolute atomic E-state index is 9.05. The molecule has 0 aromatic carbocycles. The lowest BCUT2D eigenvalue weighted by Crippen LogP contribution is -2.39. The van der Waals surface area contributed by atoms with Crippen molar-refractivity contribution in [1.29, 1.82) is 5.26 Å². The van der Waals surface area contributed by atoms with Crippen molar-refractivity contribution in [2.45, 2.75) is 58.5 Å². The molecular weight excluding hydrogens is 210 g/mol. The molecule has 3 heteroatoms. The largest absolute Gasteiger partial charge is 0.304 e. The van der Waals surface area contributed by atoms with E-state index in [2.05, 4.69) is 44.1 Å². The zero-order chi connectivity index (χ0) is 13.5. The standard InChI is InChI=1S/C14H29N3/c1-12(2)10-13(3)17(6)9-7-8-14(4,11-15)16-5/h12-13,16H,7-10H2,1-6H3. The molecule has 1 N–H and O–H groups in total. The van der Waals surface area contributed by atoms with Gasteiger partial charge in [0, 0.05) is 6.04 Å². The van der Waals surface area contributed by atoms with E-state index in [0.717, 1.165) is 25.3 Å². The van der Waals surface area contributed by atoms with Crippen LogP contribution in [0.25, 0.3) is 0 Å². The molecule has 0 aliphatic rings. The molecule has 0 rings (SSSR count). The topological polar surface area (TPSA) is 39.1 Å². The van der Waals surface area contributed by atoms with Gasteiger partial charge in [-0.1, -0.05) is 13.8 Å². The quantitative estimate of drug-likeness (QED) is 0.708. The lowest BCUT2D eigenvalue weighted by molar-refractivity contribution is 0.219. The summed E-state index contributed by atoms with van der Waals surface area (Å²) in [5.74, 6) is 0.745. The Kier molecular flexibility index (Phi) is 7.41. The Bertz CT molecular complexity index is 244. The van der Waals surface area contributed by atoms with Crippen LogP contribution in [0.4, 0.5) is 0 Å². The van der Waals surface area contributed by atoms with Gasteiger partial charge >= 0.3 is 0 Å². The Morgan fingerprint density at radius 2 is 1.94 bits per heavy atom. The summed E-state index contributed by atoms with van der Waals surface area (Å²) in [5.41, 5.74) is -0.373. The average Bonchev–Trinajstić information content (AvgIpc) is 2.27. The van der Waals surface area contributed by atoms with Crippen molar-refractivity contribution < 1.29 is 0 Å². The van der Waals surface area contributed by atoms with Crippen molar-refractivity contribution in [1.82, 2.24) is 10.2 Å². The molecule has 0 saturated heterocycles. The first-order valence-corrected chi connectivity index (χ1v) is 6.65. The molecule has 0 saturated carbocycles. The number of nitrogens with zero attached hydrogens (tertiary/aromatic N) is 2. The minimum Gasteiger partial charge on any atom is -0.304 e. The minimum absolute atomic E-state index is 0.373. The molecule has 0 radical (unpaired) electrons. The van der Waals surface area contributed by atoms with Crippen molar-refractivity contribution in [3.63, 3.8) is 0 Å². The van der Waals surface area contributed by atoms with E-state index < -0.39 is 0 Å². The lowest BCUT2D eigenvalue weighted by Gasteiger charge is -2.27. The zero-order valence-corrected chi connectivity index (χ0v) is 12.4. The summed E-state index contributed by atoms with van der Waals surface area (Å²) in [6.45, 7) is 9.83. The van der Waals surface area contributed by atoms with Crippen molar-refractivity contribution in [3.05, 3.63) is 0 Å². The molecule has 0 bridgehead atoms. The lowest BCUT2D eigenvalue weighted by atomic mass is 9.97. The van der Waals surface area contributed by atoms with Crippen LogP contribution >= 0.6 is 0 Å². The third-order valence-electron chi connectivity index (χ3n) is 3.55. The Labute approximate surface area is 107 Å². The Morgan fingerprint density at radius 3 is 2.35 bits per heavy atom. The second-order valence-corrected chi connectivity index (χ2v) is 5.76. The summed E-state index contributed by atoms with van der Waals surface area (Å²) in [6.07, 6.45) is 3.20. The fraction of sp³-hybridized carbons (Fsp3) is 0.929. The van der Waals surface area contributed by atoms with Gasteiger partial charge in [-0.05, 0) is 59.7 Å². The molecule has 2 atom stereocenters. The third-order valence-corrected chi connectivity index (χ3v) is 3.55. The molecule has 100 valence electrons. The van der Waals surface area contributed by atoms with Gasteiger partial charge in [0.15, 0.2) is 0 Å². The molecule has 0 amide bonds. The van der Waals surface area contributed by atoms with E-state index in [0.29, 0.717) is 6.04 Å². The fourth-order valence-corrected chi connectivity index (χ4v) is 2.00. The monoisotopic (exact) mass is 239 g/mol. The second kappa shape index (κ2) is 7.68. The number of nitrogens with one attached hydrogen (secondary N) is 1. The van der Waals surface area contributed by atoms with Gasteiger partial charge in [0.05, 0.1) is 6.07 Å². The number of rotatable bonds is 8. The summed E-state index contributed by atoms with van der Waals surface area (Å²) < 4.78 is 0. The molecule has 2 unspecified atom stereocenters. The van der Waals surface area contributed by atoms with E-state index in [1.54, 1.807) is 0 Å². The summed E-state index contributed by atoms with van der Waals surface area (Å²) >= 11 is 0. The van der Waals surface area contributed by atoms with Gasteiger partial charge in [-0.25, -0.2) is 0 Å². The third kappa shape index (κ3) is 6.65. The smallest absolute Gasteiger partial charge is 0.103 e. The summed E-state index contributed by atoms with van der Waals surface area (Å²) in [4.78, 5) is 2.40. The van der Waals surface area contributed by atoms with Crippen molar-refractivity contribution in [2.75, 3.05) is 20.6 Å². The van der Waals surface area contributed by atoms with Crippen molar-refractivity contribution in [3.8, 4) is 6.07 Å². The summed E-state index contributed by atoms with van der Waals surface area (Å²) in [6, 6.07) is 2.96. The van der Waals surface area contributed by atoms with Gasteiger partial charge < -0.3 is 10.2 Å². The molecule has 0 aliphatic heterocycles. The molecule has 0 spiro atoms. The Hall–Kier alpha value is -0.590. The highest BCUT2D eigenvalue weighted by Crippen LogP contribution is 2.13. The zero-order valence-electron chi connectivity index (χ0n) is 12.4. The Morgan fingerprint density at radius 1 is 1.35 bits per heavy atom. The van der Waals surface area contributed by atoms with Gasteiger partial charge in [-0.2, -0.15) is 5.26 Å². The highest BCUT2D eigenvalue weighted by atomic mass is 15.1.